The Kier molecular flexibility index (Phi) is 4.22. The van der Waals surface area contributed by atoms with E-state index in [-0.39, 0.29) is 12.5 Å². The molecular formula is C10H19NO2. The van der Waals surface area contributed by atoms with Gasteiger partial charge in [-0.1, -0.05) is 6.92 Å². The fourth-order valence-electron chi connectivity index (χ4n) is 1.80. The Morgan fingerprint density at radius 3 is 2.54 bits per heavy atom. The molecule has 0 atom stereocenters. The number of hydrogen-bond donors (Lipinski definition) is 1. The van der Waals surface area contributed by atoms with Crippen LogP contribution in [0.25, 0.3) is 0 Å². The van der Waals surface area contributed by atoms with E-state index in [2.05, 4.69) is 12.2 Å². The molecule has 1 aliphatic carbocycles. The average molecular weight is 185 g/mol. The number of amides is 1. The van der Waals surface area contributed by atoms with E-state index in [0.717, 1.165) is 18.8 Å². The molecule has 0 aromatic rings. The summed E-state index contributed by atoms with van der Waals surface area (Å²) in [7, 11) is 1.54. The lowest BCUT2D eigenvalue weighted by Crippen LogP contribution is -2.39. The third-order valence-corrected chi connectivity index (χ3v) is 2.66. The van der Waals surface area contributed by atoms with Crippen LogP contribution in [0.15, 0.2) is 0 Å². The molecule has 0 aliphatic heterocycles. The summed E-state index contributed by atoms with van der Waals surface area (Å²) in [5, 5.41) is 2.98. The summed E-state index contributed by atoms with van der Waals surface area (Å²) in [6.45, 7) is 2.46. The van der Waals surface area contributed by atoms with Crippen molar-refractivity contribution in [2.45, 2.75) is 38.6 Å². The predicted molar refractivity (Wildman–Crippen MR) is 51.4 cm³/mol. The van der Waals surface area contributed by atoms with E-state index in [9.17, 15) is 4.79 Å². The molecule has 0 spiro atoms. The molecule has 0 radical (unpaired) electrons. The molecule has 0 bridgehead atoms. The lowest BCUT2D eigenvalue weighted by Gasteiger charge is -2.26. The minimum absolute atomic E-state index is 0.0158. The SMILES string of the molecule is COCC(=O)N[C@H]1CC[C@@H](C)CC1. The molecule has 0 unspecified atom stereocenters. The molecule has 0 aromatic heterocycles. The molecule has 13 heavy (non-hydrogen) atoms. The topological polar surface area (TPSA) is 38.3 Å². The summed E-state index contributed by atoms with van der Waals surface area (Å²) in [5.41, 5.74) is 0. The number of methoxy groups -OCH3 is 1. The fraction of sp³-hybridized carbons (Fsp3) is 0.900. The molecule has 1 fully saturated rings. The van der Waals surface area contributed by atoms with Gasteiger partial charge < -0.3 is 10.1 Å². The second-order valence-corrected chi connectivity index (χ2v) is 3.96. The highest BCUT2D eigenvalue weighted by Crippen LogP contribution is 2.23. The second-order valence-electron chi connectivity index (χ2n) is 3.96. The van der Waals surface area contributed by atoms with Gasteiger partial charge in [0.05, 0.1) is 0 Å². The number of nitrogens with one attached hydrogen (secondary N) is 1. The molecule has 76 valence electrons. The lowest BCUT2D eigenvalue weighted by molar-refractivity contribution is -0.125. The van der Waals surface area contributed by atoms with Gasteiger partial charge in [-0.2, -0.15) is 0 Å². The first-order valence-corrected chi connectivity index (χ1v) is 5.00. The van der Waals surface area contributed by atoms with Crippen LogP contribution < -0.4 is 5.32 Å². The molecule has 1 N–H and O–H groups in total. The van der Waals surface area contributed by atoms with Gasteiger partial charge in [0.25, 0.3) is 0 Å². The largest absolute Gasteiger partial charge is 0.375 e. The Bertz CT molecular complexity index is 162. The minimum Gasteiger partial charge on any atom is -0.375 e. The molecule has 0 aromatic carbocycles. The Labute approximate surface area is 79.8 Å². The molecule has 0 heterocycles. The fourth-order valence-corrected chi connectivity index (χ4v) is 1.80. The van der Waals surface area contributed by atoms with E-state index in [1.165, 1.54) is 12.8 Å². The zero-order valence-corrected chi connectivity index (χ0v) is 8.51. The monoisotopic (exact) mass is 185 g/mol. The van der Waals surface area contributed by atoms with Crippen LogP contribution in [0.5, 0.6) is 0 Å². The van der Waals surface area contributed by atoms with Crippen LogP contribution in [0.3, 0.4) is 0 Å². The average Bonchev–Trinajstić information content (AvgIpc) is 2.09. The molecular weight excluding hydrogens is 166 g/mol. The highest BCUT2D eigenvalue weighted by atomic mass is 16.5. The summed E-state index contributed by atoms with van der Waals surface area (Å²) in [6.07, 6.45) is 4.71. The van der Waals surface area contributed by atoms with Crippen molar-refractivity contribution < 1.29 is 9.53 Å². The van der Waals surface area contributed by atoms with Crippen molar-refractivity contribution in [1.29, 1.82) is 0 Å². The lowest BCUT2D eigenvalue weighted by atomic mass is 9.87. The molecule has 0 saturated heterocycles. The number of ether oxygens (including phenoxy) is 1. The summed E-state index contributed by atoms with van der Waals surface area (Å²) in [5.74, 6) is 0.845. The van der Waals surface area contributed by atoms with Gasteiger partial charge in [-0.3, -0.25) is 4.79 Å². The van der Waals surface area contributed by atoms with Crippen LogP contribution in [0.2, 0.25) is 0 Å². The van der Waals surface area contributed by atoms with Crippen molar-refractivity contribution in [1.82, 2.24) is 5.32 Å². The van der Waals surface area contributed by atoms with Crippen LogP contribution in [0.4, 0.5) is 0 Å². The normalized spacial score (nSPS) is 28.5. The van der Waals surface area contributed by atoms with Crippen molar-refractivity contribution >= 4 is 5.91 Å². The molecule has 1 saturated carbocycles. The van der Waals surface area contributed by atoms with Crippen LogP contribution in [0, 0.1) is 5.92 Å². The van der Waals surface area contributed by atoms with Gasteiger partial charge in [-0.25, -0.2) is 0 Å². The second kappa shape index (κ2) is 5.22. The van der Waals surface area contributed by atoms with Crippen molar-refractivity contribution in [3.05, 3.63) is 0 Å². The number of rotatable bonds is 3. The van der Waals surface area contributed by atoms with E-state index < -0.39 is 0 Å². The van der Waals surface area contributed by atoms with Gasteiger partial charge in [-0.15, -0.1) is 0 Å². The van der Waals surface area contributed by atoms with Crippen LogP contribution >= 0.6 is 0 Å². The first-order valence-electron chi connectivity index (χ1n) is 5.00. The maximum Gasteiger partial charge on any atom is 0.246 e. The Hall–Kier alpha value is -0.570. The first-order chi connectivity index (χ1) is 6.22. The van der Waals surface area contributed by atoms with Gasteiger partial charge in [-0.05, 0) is 31.6 Å². The van der Waals surface area contributed by atoms with Crippen molar-refractivity contribution in [2.75, 3.05) is 13.7 Å². The van der Waals surface area contributed by atoms with Crippen molar-refractivity contribution in [2.24, 2.45) is 5.92 Å². The third-order valence-electron chi connectivity index (χ3n) is 2.66. The highest BCUT2D eigenvalue weighted by Gasteiger charge is 2.19. The maximum absolute atomic E-state index is 11.2. The van der Waals surface area contributed by atoms with Gasteiger partial charge in [0.15, 0.2) is 0 Å². The standard InChI is InChI=1S/C10H19NO2/c1-8-3-5-9(6-4-8)11-10(12)7-13-2/h8-9H,3-7H2,1-2H3,(H,11,12)/t8-,9+. The van der Waals surface area contributed by atoms with Gasteiger partial charge in [0.2, 0.25) is 5.91 Å². The summed E-state index contributed by atoms with van der Waals surface area (Å²) >= 11 is 0. The Balaban J connectivity index is 2.18. The summed E-state index contributed by atoms with van der Waals surface area (Å²) in [4.78, 5) is 11.2. The molecule has 1 rings (SSSR count). The number of carbonyl (C=O) groups excluding carboxylic acids is 1. The molecule has 1 aliphatic rings. The van der Waals surface area contributed by atoms with E-state index in [4.69, 9.17) is 4.74 Å². The Morgan fingerprint density at radius 1 is 1.38 bits per heavy atom. The minimum atomic E-state index is 0.0158. The van der Waals surface area contributed by atoms with E-state index in [1.54, 1.807) is 7.11 Å². The molecule has 1 amide bonds. The van der Waals surface area contributed by atoms with Gasteiger partial charge >= 0.3 is 0 Å². The van der Waals surface area contributed by atoms with Crippen LogP contribution in [-0.4, -0.2) is 25.7 Å². The maximum atomic E-state index is 11.2. The quantitative estimate of drug-likeness (QED) is 0.720. The van der Waals surface area contributed by atoms with Crippen LogP contribution in [-0.2, 0) is 9.53 Å². The number of hydrogen-bond acceptors (Lipinski definition) is 2. The summed E-state index contributed by atoms with van der Waals surface area (Å²) < 4.78 is 4.75. The smallest absolute Gasteiger partial charge is 0.246 e. The molecule has 3 nitrogen and oxygen atoms in total. The number of carbonyl (C=O) groups is 1. The predicted octanol–water partition coefficient (Wildman–Crippen LogP) is 1.33. The van der Waals surface area contributed by atoms with Crippen molar-refractivity contribution in [3.8, 4) is 0 Å². The van der Waals surface area contributed by atoms with E-state index in [1.807, 2.05) is 0 Å². The zero-order chi connectivity index (χ0) is 9.68. The van der Waals surface area contributed by atoms with Crippen LogP contribution in [0.1, 0.15) is 32.6 Å². The van der Waals surface area contributed by atoms with E-state index in [0.29, 0.717) is 6.04 Å². The third kappa shape index (κ3) is 3.77. The first kappa shape index (κ1) is 10.5. The summed E-state index contributed by atoms with van der Waals surface area (Å²) in [6, 6.07) is 0.388. The zero-order valence-electron chi connectivity index (χ0n) is 8.51. The Morgan fingerprint density at radius 2 is 2.00 bits per heavy atom. The van der Waals surface area contributed by atoms with Gasteiger partial charge in [0.1, 0.15) is 6.61 Å². The van der Waals surface area contributed by atoms with E-state index >= 15 is 0 Å². The molecule has 3 heteroatoms. The van der Waals surface area contributed by atoms with Crippen molar-refractivity contribution in [3.63, 3.8) is 0 Å². The van der Waals surface area contributed by atoms with Gasteiger partial charge in [0, 0.05) is 13.2 Å². The highest BCUT2D eigenvalue weighted by molar-refractivity contribution is 5.77.